The molecule has 0 radical (unpaired) electrons. The lowest BCUT2D eigenvalue weighted by atomic mass is 10.2. The van der Waals surface area contributed by atoms with E-state index in [4.69, 9.17) is 28.3 Å². The van der Waals surface area contributed by atoms with Crippen LogP contribution in [0, 0.1) is 11.8 Å². The molecule has 102 valence electrons. The minimum absolute atomic E-state index is 0.201. The van der Waals surface area contributed by atoms with Crippen LogP contribution in [0.1, 0.15) is 16.1 Å². The number of aliphatic hydroxyl groups is 1. The molecule has 0 atom stereocenters. The molecule has 0 fully saturated rings. The maximum Gasteiger partial charge on any atom is 0.273 e. The molecule has 0 saturated carbocycles. The summed E-state index contributed by atoms with van der Waals surface area (Å²) in [6.45, 7) is -0.233. The Morgan fingerprint density at radius 3 is 2.90 bits per heavy atom. The number of carbonyl (C=O) groups excluding carboxylic acids is 1. The van der Waals surface area contributed by atoms with Crippen molar-refractivity contribution >= 4 is 34.9 Å². The monoisotopic (exact) mass is 309 g/mol. The average Bonchev–Trinajstić information content (AvgIpc) is 2.77. The van der Waals surface area contributed by atoms with Crippen LogP contribution in [-0.2, 0) is 0 Å². The van der Waals surface area contributed by atoms with Gasteiger partial charge in [-0.3, -0.25) is 4.79 Å². The lowest BCUT2D eigenvalue weighted by Gasteiger charge is -2.02. The Bertz CT molecular complexity index is 682. The Kier molecular flexibility index (Phi) is 4.64. The molecule has 7 heteroatoms. The summed E-state index contributed by atoms with van der Waals surface area (Å²) in [6, 6.07) is 4.68. The zero-order valence-electron chi connectivity index (χ0n) is 10.1. The SMILES string of the molecule is O=C(Nc1cc(C#CCO)ccn1)c1cc(Cl)c(Cl)[nH]1. The summed E-state index contributed by atoms with van der Waals surface area (Å²) in [6.07, 6.45) is 1.51. The van der Waals surface area contributed by atoms with Gasteiger partial charge < -0.3 is 15.4 Å². The molecule has 2 heterocycles. The van der Waals surface area contributed by atoms with Crippen molar-refractivity contribution in [2.75, 3.05) is 11.9 Å². The molecule has 0 aromatic carbocycles. The second-order valence-electron chi connectivity index (χ2n) is 3.69. The van der Waals surface area contributed by atoms with Gasteiger partial charge >= 0.3 is 0 Å². The van der Waals surface area contributed by atoms with E-state index in [0.29, 0.717) is 11.4 Å². The number of nitrogens with one attached hydrogen (secondary N) is 2. The first-order valence-corrected chi connectivity index (χ1v) is 6.27. The van der Waals surface area contributed by atoms with Crippen molar-refractivity contribution in [3.8, 4) is 11.8 Å². The van der Waals surface area contributed by atoms with Crippen LogP contribution >= 0.6 is 23.2 Å². The molecule has 3 N–H and O–H groups in total. The highest BCUT2D eigenvalue weighted by Crippen LogP contribution is 2.22. The second kappa shape index (κ2) is 6.44. The molecule has 0 aliphatic carbocycles. The van der Waals surface area contributed by atoms with Crippen LogP contribution in [0.5, 0.6) is 0 Å². The predicted octanol–water partition coefficient (Wildman–Crippen LogP) is 2.31. The molecule has 0 aliphatic rings. The van der Waals surface area contributed by atoms with Gasteiger partial charge in [0.05, 0.1) is 5.02 Å². The van der Waals surface area contributed by atoms with Crippen LogP contribution in [0.3, 0.4) is 0 Å². The first-order chi connectivity index (χ1) is 9.60. The number of aliphatic hydroxyl groups excluding tert-OH is 1. The number of amides is 1. The van der Waals surface area contributed by atoms with Crippen LogP contribution in [-0.4, -0.2) is 27.6 Å². The zero-order chi connectivity index (χ0) is 14.5. The molecule has 2 aromatic rings. The number of carbonyl (C=O) groups is 1. The number of hydrogen-bond donors (Lipinski definition) is 3. The smallest absolute Gasteiger partial charge is 0.273 e. The Labute approximate surface area is 124 Å². The van der Waals surface area contributed by atoms with E-state index in [0.717, 1.165) is 0 Å². The van der Waals surface area contributed by atoms with Crippen molar-refractivity contribution in [3.05, 3.63) is 45.8 Å². The van der Waals surface area contributed by atoms with E-state index in [1.807, 2.05) is 0 Å². The van der Waals surface area contributed by atoms with Crippen molar-refractivity contribution in [1.29, 1.82) is 0 Å². The summed E-state index contributed by atoms with van der Waals surface area (Å²) < 4.78 is 0. The molecule has 0 aliphatic heterocycles. The number of aromatic amines is 1. The van der Waals surface area contributed by atoms with Crippen LogP contribution in [0.15, 0.2) is 24.4 Å². The first-order valence-electron chi connectivity index (χ1n) is 5.51. The van der Waals surface area contributed by atoms with Gasteiger partial charge in [0.25, 0.3) is 5.91 Å². The summed E-state index contributed by atoms with van der Waals surface area (Å²) in [5, 5.41) is 11.7. The quantitative estimate of drug-likeness (QED) is 0.745. The largest absolute Gasteiger partial charge is 0.384 e. The summed E-state index contributed by atoms with van der Waals surface area (Å²) in [5.41, 5.74) is 0.862. The number of anilines is 1. The number of H-pyrrole nitrogens is 1. The van der Waals surface area contributed by atoms with Crippen molar-refractivity contribution < 1.29 is 9.90 Å². The Morgan fingerprint density at radius 1 is 1.45 bits per heavy atom. The summed E-state index contributed by atoms with van der Waals surface area (Å²) >= 11 is 11.5. The van der Waals surface area contributed by atoms with Gasteiger partial charge in [0.15, 0.2) is 0 Å². The summed E-state index contributed by atoms with van der Waals surface area (Å²) in [4.78, 5) is 18.6. The molecular weight excluding hydrogens is 301 g/mol. The van der Waals surface area contributed by atoms with E-state index < -0.39 is 5.91 Å². The van der Waals surface area contributed by atoms with Crippen LogP contribution in [0.25, 0.3) is 0 Å². The molecule has 1 amide bonds. The van der Waals surface area contributed by atoms with E-state index in [2.05, 4.69) is 27.1 Å². The molecule has 2 aromatic heterocycles. The van der Waals surface area contributed by atoms with Crippen LogP contribution < -0.4 is 5.32 Å². The predicted molar refractivity (Wildman–Crippen MR) is 77.0 cm³/mol. The van der Waals surface area contributed by atoms with Gasteiger partial charge in [0.1, 0.15) is 23.3 Å². The van der Waals surface area contributed by atoms with Gasteiger partial charge in [-0.15, -0.1) is 0 Å². The van der Waals surface area contributed by atoms with Crippen LogP contribution in [0.4, 0.5) is 5.82 Å². The van der Waals surface area contributed by atoms with Crippen molar-refractivity contribution in [3.63, 3.8) is 0 Å². The number of nitrogens with zero attached hydrogens (tertiary/aromatic N) is 1. The van der Waals surface area contributed by atoms with Gasteiger partial charge in [-0.2, -0.15) is 0 Å². The fraction of sp³-hybridized carbons (Fsp3) is 0.0769. The number of halogens is 2. The molecule has 2 rings (SSSR count). The average molecular weight is 310 g/mol. The highest BCUT2D eigenvalue weighted by atomic mass is 35.5. The normalized spacial score (nSPS) is 9.75. The Balaban J connectivity index is 2.15. The van der Waals surface area contributed by atoms with E-state index in [1.165, 1.54) is 12.3 Å². The standard InChI is InChI=1S/C13H9Cl2N3O2/c14-9-7-10(17-12(9)15)13(20)18-11-6-8(2-1-5-19)3-4-16-11/h3-4,6-7,17,19H,5H2,(H,16,18,20). The molecule has 0 spiro atoms. The van der Waals surface area contributed by atoms with Gasteiger partial charge in [-0.05, 0) is 18.2 Å². The number of pyridine rings is 1. The maximum absolute atomic E-state index is 11.9. The fourth-order valence-electron chi connectivity index (χ4n) is 1.43. The number of hydrogen-bond acceptors (Lipinski definition) is 3. The lowest BCUT2D eigenvalue weighted by Crippen LogP contribution is -2.13. The Hall–Kier alpha value is -2.00. The van der Waals surface area contributed by atoms with Crippen molar-refractivity contribution in [2.45, 2.75) is 0 Å². The van der Waals surface area contributed by atoms with Gasteiger partial charge in [-0.25, -0.2) is 4.98 Å². The van der Waals surface area contributed by atoms with Gasteiger partial charge in [0, 0.05) is 11.8 Å². The molecular formula is C13H9Cl2N3O2. The third kappa shape index (κ3) is 3.52. The second-order valence-corrected chi connectivity index (χ2v) is 4.47. The van der Waals surface area contributed by atoms with Gasteiger partial charge in [-0.1, -0.05) is 35.0 Å². The van der Waals surface area contributed by atoms with Gasteiger partial charge in [0.2, 0.25) is 0 Å². The zero-order valence-corrected chi connectivity index (χ0v) is 11.6. The van der Waals surface area contributed by atoms with Crippen molar-refractivity contribution in [1.82, 2.24) is 9.97 Å². The summed E-state index contributed by atoms with van der Waals surface area (Å²) in [5.74, 6) is 5.15. The molecule has 5 nitrogen and oxygen atoms in total. The summed E-state index contributed by atoms with van der Waals surface area (Å²) in [7, 11) is 0. The lowest BCUT2D eigenvalue weighted by molar-refractivity contribution is 0.102. The highest BCUT2D eigenvalue weighted by Gasteiger charge is 2.12. The van der Waals surface area contributed by atoms with E-state index >= 15 is 0 Å². The topological polar surface area (TPSA) is 78.0 Å². The number of rotatable bonds is 2. The van der Waals surface area contributed by atoms with E-state index in [1.54, 1.807) is 12.1 Å². The molecule has 0 saturated heterocycles. The fourth-order valence-corrected chi connectivity index (χ4v) is 1.74. The third-order valence-electron chi connectivity index (χ3n) is 2.28. The molecule has 0 unspecified atom stereocenters. The Morgan fingerprint density at radius 2 is 2.25 bits per heavy atom. The number of aromatic nitrogens is 2. The van der Waals surface area contributed by atoms with E-state index in [-0.39, 0.29) is 22.5 Å². The minimum atomic E-state index is -0.418. The van der Waals surface area contributed by atoms with E-state index in [9.17, 15) is 4.79 Å². The molecule has 0 bridgehead atoms. The highest BCUT2D eigenvalue weighted by molar-refractivity contribution is 6.41. The first kappa shape index (κ1) is 14.4. The maximum atomic E-state index is 11.9. The minimum Gasteiger partial charge on any atom is -0.384 e. The third-order valence-corrected chi connectivity index (χ3v) is 2.98. The van der Waals surface area contributed by atoms with Crippen LogP contribution in [0.2, 0.25) is 10.2 Å². The molecule has 20 heavy (non-hydrogen) atoms. The van der Waals surface area contributed by atoms with Crippen molar-refractivity contribution in [2.24, 2.45) is 0 Å².